The lowest BCUT2D eigenvalue weighted by molar-refractivity contribution is 0.0746. The third-order valence-corrected chi connectivity index (χ3v) is 6.82. The van der Waals surface area contributed by atoms with Gasteiger partial charge in [0.25, 0.3) is 5.91 Å². The summed E-state index contributed by atoms with van der Waals surface area (Å²) in [5.74, 6) is 1.75. The predicted octanol–water partition coefficient (Wildman–Crippen LogP) is 6.37. The number of hydrogen-bond donors (Lipinski definition) is 1. The summed E-state index contributed by atoms with van der Waals surface area (Å²) in [6.45, 7) is 8.69. The summed E-state index contributed by atoms with van der Waals surface area (Å²) in [5.41, 5.74) is 11.9. The minimum Gasteiger partial charge on any atom is -0.492 e. The number of amides is 1. The molecule has 0 aromatic heterocycles. The second kappa shape index (κ2) is 12.5. The Kier molecular flexibility index (Phi) is 8.47. The van der Waals surface area contributed by atoms with Crippen LogP contribution in [0.3, 0.4) is 0 Å². The van der Waals surface area contributed by atoms with Gasteiger partial charge in [0.1, 0.15) is 37.1 Å². The molecule has 4 aromatic rings. The number of benzene rings is 4. The SMILES string of the molecule is C=C(C)c1cc(C(=O)N2Cc3ccc(OCCN)cc3C2)c(OCc2ccccc2)cc1OCc1ccccc1. The second-order valence-corrected chi connectivity index (χ2v) is 9.90. The molecule has 204 valence electrons. The zero-order valence-corrected chi connectivity index (χ0v) is 22.8. The van der Waals surface area contributed by atoms with Crippen molar-refractivity contribution in [1.82, 2.24) is 4.90 Å². The molecule has 0 bridgehead atoms. The molecule has 0 radical (unpaired) electrons. The number of ether oxygens (including phenoxy) is 3. The standard InChI is InChI=1S/C34H34N2O4/c1-24(2)30-18-31(34(37)36-20-27-13-14-29(38-16-15-35)17-28(27)21-36)33(40-23-26-11-7-4-8-12-26)19-32(30)39-22-25-9-5-3-6-10-25/h3-14,17-19H,1,15-16,20-23,35H2,2H3. The first-order valence-electron chi connectivity index (χ1n) is 13.4. The fraction of sp³-hybridized carbons (Fsp3) is 0.206. The van der Waals surface area contributed by atoms with Crippen LogP contribution in [-0.2, 0) is 26.3 Å². The molecule has 1 aliphatic rings. The quantitative estimate of drug-likeness (QED) is 0.242. The van der Waals surface area contributed by atoms with E-state index in [1.54, 1.807) is 0 Å². The molecule has 1 aliphatic heterocycles. The molecule has 1 heterocycles. The molecular formula is C34H34N2O4. The third kappa shape index (κ3) is 6.35. The maximum Gasteiger partial charge on any atom is 0.258 e. The molecule has 1 amide bonds. The van der Waals surface area contributed by atoms with Crippen molar-refractivity contribution < 1.29 is 19.0 Å². The Morgan fingerprint density at radius 2 is 1.38 bits per heavy atom. The summed E-state index contributed by atoms with van der Waals surface area (Å²) >= 11 is 0. The largest absolute Gasteiger partial charge is 0.492 e. The van der Waals surface area contributed by atoms with E-state index in [0.29, 0.717) is 56.5 Å². The minimum atomic E-state index is -0.110. The average Bonchev–Trinajstić information content (AvgIpc) is 3.42. The van der Waals surface area contributed by atoms with Crippen LogP contribution >= 0.6 is 0 Å². The summed E-state index contributed by atoms with van der Waals surface area (Å²) < 4.78 is 18.2. The number of fused-ring (bicyclic) bond motifs is 1. The number of allylic oxidation sites excluding steroid dienone is 1. The molecule has 40 heavy (non-hydrogen) atoms. The average molecular weight is 535 g/mol. The lowest BCUT2D eigenvalue weighted by Gasteiger charge is -2.21. The van der Waals surface area contributed by atoms with E-state index in [1.165, 1.54) is 0 Å². The first-order valence-corrected chi connectivity index (χ1v) is 13.4. The highest BCUT2D eigenvalue weighted by Crippen LogP contribution is 2.36. The molecule has 0 unspecified atom stereocenters. The van der Waals surface area contributed by atoms with Gasteiger partial charge in [0.05, 0.1) is 5.56 Å². The van der Waals surface area contributed by atoms with Crippen molar-refractivity contribution >= 4 is 11.5 Å². The molecule has 0 spiro atoms. The zero-order valence-electron chi connectivity index (χ0n) is 22.8. The molecule has 6 nitrogen and oxygen atoms in total. The van der Waals surface area contributed by atoms with Crippen LogP contribution in [-0.4, -0.2) is 24.0 Å². The van der Waals surface area contributed by atoms with Gasteiger partial charge in [0.15, 0.2) is 0 Å². The maximum absolute atomic E-state index is 14.0. The number of nitrogens with two attached hydrogens (primary N) is 1. The van der Waals surface area contributed by atoms with Crippen molar-refractivity contribution in [2.24, 2.45) is 5.73 Å². The van der Waals surface area contributed by atoms with Gasteiger partial charge in [-0.3, -0.25) is 4.79 Å². The molecule has 0 saturated carbocycles. The Hall–Kier alpha value is -4.55. The zero-order chi connectivity index (χ0) is 27.9. The Bertz CT molecular complexity index is 1490. The first kappa shape index (κ1) is 27.0. The van der Waals surface area contributed by atoms with Crippen LogP contribution in [0.15, 0.2) is 97.6 Å². The van der Waals surface area contributed by atoms with E-state index in [1.807, 2.05) is 103 Å². The number of nitrogens with zero attached hydrogens (tertiary/aromatic N) is 1. The van der Waals surface area contributed by atoms with Gasteiger partial charge >= 0.3 is 0 Å². The number of rotatable bonds is 11. The summed E-state index contributed by atoms with van der Waals surface area (Å²) in [7, 11) is 0. The fourth-order valence-corrected chi connectivity index (χ4v) is 4.72. The van der Waals surface area contributed by atoms with E-state index >= 15 is 0 Å². The van der Waals surface area contributed by atoms with Gasteiger partial charge in [-0.15, -0.1) is 0 Å². The molecule has 0 fully saturated rings. The van der Waals surface area contributed by atoms with Crippen LogP contribution in [0.1, 0.15) is 45.1 Å². The van der Waals surface area contributed by atoms with Gasteiger partial charge in [0, 0.05) is 31.3 Å². The van der Waals surface area contributed by atoms with E-state index in [4.69, 9.17) is 19.9 Å². The van der Waals surface area contributed by atoms with E-state index in [0.717, 1.165) is 39.1 Å². The normalized spacial score (nSPS) is 12.1. The smallest absolute Gasteiger partial charge is 0.258 e. The van der Waals surface area contributed by atoms with Gasteiger partial charge in [-0.05, 0) is 52.9 Å². The second-order valence-electron chi connectivity index (χ2n) is 9.90. The van der Waals surface area contributed by atoms with Crippen LogP contribution in [0.25, 0.3) is 5.57 Å². The van der Waals surface area contributed by atoms with Crippen molar-refractivity contribution in [1.29, 1.82) is 0 Å². The monoisotopic (exact) mass is 534 g/mol. The molecular weight excluding hydrogens is 500 g/mol. The van der Waals surface area contributed by atoms with Crippen molar-refractivity contribution in [2.75, 3.05) is 13.2 Å². The summed E-state index contributed by atoms with van der Waals surface area (Å²) in [5, 5.41) is 0. The Morgan fingerprint density at radius 3 is 1.98 bits per heavy atom. The maximum atomic E-state index is 14.0. The molecule has 6 heteroatoms. The Morgan fingerprint density at radius 1 is 0.775 bits per heavy atom. The lowest BCUT2D eigenvalue weighted by atomic mass is 10.0. The van der Waals surface area contributed by atoms with Crippen LogP contribution in [0.4, 0.5) is 0 Å². The van der Waals surface area contributed by atoms with Crippen molar-refractivity contribution in [3.63, 3.8) is 0 Å². The van der Waals surface area contributed by atoms with Gasteiger partial charge in [-0.2, -0.15) is 0 Å². The lowest BCUT2D eigenvalue weighted by Crippen LogP contribution is -2.26. The molecule has 4 aromatic carbocycles. The number of hydrogen-bond acceptors (Lipinski definition) is 5. The third-order valence-electron chi connectivity index (χ3n) is 6.82. The van der Waals surface area contributed by atoms with Gasteiger partial charge in [0.2, 0.25) is 0 Å². The van der Waals surface area contributed by atoms with E-state index in [2.05, 4.69) is 6.58 Å². The Labute approximate surface area is 235 Å². The highest BCUT2D eigenvalue weighted by Gasteiger charge is 2.28. The summed E-state index contributed by atoms with van der Waals surface area (Å²) in [4.78, 5) is 15.8. The highest BCUT2D eigenvalue weighted by atomic mass is 16.5. The van der Waals surface area contributed by atoms with Crippen molar-refractivity contribution in [3.05, 3.63) is 131 Å². The molecule has 0 aliphatic carbocycles. The Balaban J connectivity index is 1.44. The number of carbonyl (C=O) groups excluding carboxylic acids is 1. The van der Waals surface area contributed by atoms with Crippen molar-refractivity contribution in [2.45, 2.75) is 33.2 Å². The topological polar surface area (TPSA) is 74.0 Å². The van der Waals surface area contributed by atoms with Crippen LogP contribution in [0.5, 0.6) is 17.2 Å². The van der Waals surface area contributed by atoms with Crippen molar-refractivity contribution in [3.8, 4) is 17.2 Å². The predicted molar refractivity (Wildman–Crippen MR) is 157 cm³/mol. The van der Waals surface area contributed by atoms with E-state index in [-0.39, 0.29) is 5.91 Å². The van der Waals surface area contributed by atoms with Crippen LogP contribution in [0.2, 0.25) is 0 Å². The van der Waals surface area contributed by atoms with Gasteiger partial charge in [-0.1, -0.05) is 73.3 Å². The molecule has 0 saturated heterocycles. The molecule has 0 atom stereocenters. The highest BCUT2D eigenvalue weighted by molar-refractivity contribution is 5.98. The van der Waals surface area contributed by atoms with Crippen LogP contribution < -0.4 is 19.9 Å². The van der Waals surface area contributed by atoms with E-state index < -0.39 is 0 Å². The number of carbonyl (C=O) groups is 1. The molecule has 5 rings (SSSR count). The van der Waals surface area contributed by atoms with Crippen LogP contribution in [0, 0.1) is 0 Å². The van der Waals surface area contributed by atoms with Gasteiger partial charge in [-0.25, -0.2) is 0 Å². The minimum absolute atomic E-state index is 0.110. The first-order chi connectivity index (χ1) is 19.5. The fourth-order valence-electron chi connectivity index (χ4n) is 4.72. The summed E-state index contributed by atoms with van der Waals surface area (Å²) in [6, 6.07) is 29.5. The molecule has 2 N–H and O–H groups in total. The van der Waals surface area contributed by atoms with Gasteiger partial charge < -0.3 is 24.8 Å². The summed E-state index contributed by atoms with van der Waals surface area (Å²) in [6.07, 6.45) is 0. The van der Waals surface area contributed by atoms with E-state index in [9.17, 15) is 4.79 Å².